The van der Waals surface area contributed by atoms with Gasteiger partial charge < -0.3 is 20.4 Å². The van der Waals surface area contributed by atoms with E-state index in [0.717, 1.165) is 12.5 Å². The first-order valence-corrected chi connectivity index (χ1v) is 6.48. The van der Waals surface area contributed by atoms with Gasteiger partial charge in [-0.15, -0.1) is 0 Å². The zero-order valence-corrected chi connectivity index (χ0v) is 10.9. The lowest BCUT2D eigenvalue weighted by molar-refractivity contribution is 0.181. The van der Waals surface area contributed by atoms with Gasteiger partial charge in [0.1, 0.15) is 0 Å². The molecule has 0 aromatic rings. The number of nitrogens with one attached hydrogen (secondary N) is 2. The first-order valence-electron chi connectivity index (χ1n) is 6.48. The van der Waals surface area contributed by atoms with Crippen molar-refractivity contribution in [2.45, 2.75) is 18.5 Å². The second-order valence-corrected chi connectivity index (χ2v) is 5.45. The number of hydrogen-bond donors (Lipinski definition) is 2. The van der Waals surface area contributed by atoms with Crippen LogP contribution in [0.2, 0.25) is 0 Å². The minimum absolute atomic E-state index is 0.611. The van der Waals surface area contributed by atoms with Gasteiger partial charge in [0.15, 0.2) is 0 Å². The first-order chi connectivity index (χ1) is 7.70. The maximum Gasteiger partial charge on any atom is 0.0352 e. The number of likely N-dealkylation sites (tertiary alicyclic amines) is 1. The molecule has 16 heavy (non-hydrogen) atoms. The summed E-state index contributed by atoms with van der Waals surface area (Å²) >= 11 is 0. The summed E-state index contributed by atoms with van der Waals surface area (Å²) in [6.07, 6.45) is 1.34. The van der Waals surface area contributed by atoms with E-state index in [4.69, 9.17) is 0 Å². The molecule has 4 nitrogen and oxygen atoms in total. The summed E-state index contributed by atoms with van der Waals surface area (Å²) in [6.45, 7) is 5.98. The van der Waals surface area contributed by atoms with Crippen molar-refractivity contribution in [3.63, 3.8) is 0 Å². The lowest BCUT2D eigenvalue weighted by Crippen LogP contribution is -2.60. The quantitative estimate of drug-likeness (QED) is 0.675. The highest BCUT2D eigenvalue weighted by atomic mass is 15.2. The summed E-state index contributed by atoms with van der Waals surface area (Å²) in [6, 6.07) is 1.23. The topological polar surface area (TPSA) is 30.5 Å². The van der Waals surface area contributed by atoms with E-state index in [9.17, 15) is 0 Å². The highest BCUT2D eigenvalue weighted by molar-refractivity contribution is 4.94. The van der Waals surface area contributed by atoms with Crippen LogP contribution in [-0.2, 0) is 0 Å². The van der Waals surface area contributed by atoms with Crippen LogP contribution >= 0.6 is 0 Å². The summed E-state index contributed by atoms with van der Waals surface area (Å²) in [4.78, 5) is 4.88. The van der Waals surface area contributed by atoms with Gasteiger partial charge in [-0.05, 0) is 40.0 Å². The van der Waals surface area contributed by atoms with Gasteiger partial charge in [-0.25, -0.2) is 0 Å². The minimum atomic E-state index is 0.611. The summed E-state index contributed by atoms with van der Waals surface area (Å²) in [7, 11) is 6.56. The van der Waals surface area contributed by atoms with Crippen molar-refractivity contribution in [1.29, 1.82) is 0 Å². The Morgan fingerprint density at radius 3 is 2.50 bits per heavy atom. The Bertz CT molecular complexity index is 221. The van der Waals surface area contributed by atoms with Gasteiger partial charge in [0.2, 0.25) is 0 Å². The summed E-state index contributed by atoms with van der Waals surface area (Å²) in [5.74, 6) is 0.805. The Morgan fingerprint density at radius 2 is 1.94 bits per heavy atom. The summed E-state index contributed by atoms with van der Waals surface area (Å²) < 4.78 is 0. The van der Waals surface area contributed by atoms with Crippen molar-refractivity contribution >= 4 is 0 Å². The second kappa shape index (κ2) is 5.45. The standard InChI is InChI=1S/C12H26N4/c1-13-12(10-4-6-15(2)8-10)11-9-16(3)7-5-14-11/h10-14H,4-9H2,1-3H3. The molecule has 0 aliphatic carbocycles. The molecule has 4 heteroatoms. The molecule has 0 amide bonds. The fourth-order valence-electron chi connectivity index (χ4n) is 3.20. The molecular formula is C12H26N4. The average Bonchev–Trinajstić information content (AvgIpc) is 2.66. The molecule has 94 valence electrons. The molecule has 2 N–H and O–H groups in total. The monoisotopic (exact) mass is 226 g/mol. The molecule has 2 rings (SSSR count). The normalized spacial score (nSPS) is 35.4. The van der Waals surface area contributed by atoms with Crippen LogP contribution in [0.1, 0.15) is 6.42 Å². The lowest BCUT2D eigenvalue weighted by Gasteiger charge is -2.38. The van der Waals surface area contributed by atoms with E-state index < -0.39 is 0 Å². The van der Waals surface area contributed by atoms with E-state index in [1.807, 2.05) is 0 Å². The molecule has 2 aliphatic heterocycles. The van der Waals surface area contributed by atoms with Crippen LogP contribution in [0.25, 0.3) is 0 Å². The molecule has 2 fully saturated rings. The van der Waals surface area contributed by atoms with Crippen molar-refractivity contribution in [3.05, 3.63) is 0 Å². The molecule has 3 atom stereocenters. The van der Waals surface area contributed by atoms with Gasteiger partial charge in [0, 0.05) is 38.3 Å². The fourth-order valence-corrected chi connectivity index (χ4v) is 3.20. The SMILES string of the molecule is CNC(C1CCN(C)C1)C1CN(C)CCN1. The zero-order chi connectivity index (χ0) is 11.5. The van der Waals surface area contributed by atoms with Gasteiger partial charge in [-0.2, -0.15) is 0 Å². The molecule has 0 saturated carbocycles. The van der Waals surface area contributed by atoms with Crippen molar-refractivity contribution in [1.82, 2.24) is 20.4 Å². The van der Waals surface area contributed by atoms with Gasteiger partial charge in [0.05, 0.1) is 0 Å². The predicted molar refractivity (Wildman–Crippen MR) is 67.7 cm³/mol. The molecule has 0 aromatic heterocycles. The van der Waals surface area contributed by atoms with Crippen LogP contribution in [0.4, 0.5) is 0 Å². The Morgan fingerprint density at radius 1 is 1.19 bits per heavy atom. The maximum atomic E-state index is 3.67. The predicted octanol–water partition coefficient (Wildman–Crippen LogP) is -0.570. The number of nitrogens with zero attached hydrogens (tertiary/aromatic N) is 2. The summed E-state index contributed by atoms with van der Waals surface area (Å²) in [5.41, 5.74) is 0. The van der Waals surface area contributed by atoms with Crippen LogP contribution in [-0.4, -0.2) is 75.8 Å². The van der Waals surface area contributed by atoms with E-state index in [0.29, 0.717) is 12.1 Å². The highest BCUT2D eigenvalue weighted by Gasteiger charge is 2.33. The first kappa shape index (κ1) is 12.3. The molecular weight excluding hydrogens is 200 g/mol. The van der Waals surface area contributed by atoms with Crippen LogP contribution in [0, 0.1) is 5.92 Å². The molecule has 3 unspecified atom stereocenters. The van der Waals surface area contributed by atoms with Crippen LogP contribution in [0.5, 0.6) is 0 Å². The third-order valence-electron chi connectivity index (χ3n) is 4.11. The van der Waals surface area contributed by atoms with E-state index in [-0.39, 0.29) is 0 Å². The number of rotatable bonds is 3. The highest BCUT2D eigenvalue weighted by Crippen LogP contribution is 2.21. The molecule has 2 saturated heterocycles. The van der Waals surface area contributed by atoms with Crippen LogP contribution < -0.4 is 10.6 Å². The molecule has 0 radical (unpaired) electrons. The van der Waals surface area contributed by atoms with E-state index in [1.165, 1.54) is 32.6 Å². The fraction of sp³-hybridized carbons (Fsp3) is 1.00. The largest absolute Gasteiger partial charge is 0.315 e. The number of hydrogen-bond acceptors (Lipinski definition) is 4. The summed E-state index contributed by atoms with van der Waals surface area (Å²) in [5, 5.41) is 7.21. The third kappa shape index (κ3) is 2.74. The molecule has 0 aromatic carbocycles. The van der Waals surface area contributed by atoms with Crippen molar-refractivity contribution < 1.29 is 0 Å². The van der Waals surface area contributed by atoms with Crippen molar-refractivity contribution in [2.75, 3.05) is 53.9 Å². The van der Waals surface area contributed by atoms with Crippen molar-refractivity contribution in [2.24, 2.45) is 5.92 Å². The smallest absolute Gasteiger partial charge is 0.0352 e. The van der Waals surface area contributed by atoms with E-state index in [2.05, 4.69) is 41.6 Å². The molecule has 0 bridgehead atoms. The third-order valence-corrected chi connectivity index (χ3v) is 4.11. The van der Waals surface area contributed by atoms with Crippen LogP contribution in [0.15, 0.2) is 0 Å². The van der Waals surface area contributed by atoms with Crippen molar-refractivity contribution in [3.8, 4) is 0 Å². The van der Waals surface area contributed by atoms with E-state index >= 15 is 0 Å². The zero-order valence-electron chi connectivity index (χ0n) is 10.9. The number of piperazine rings is 1. The van der Waals surface area contributed by atoms with Gasteiger partial charge in [-0.1, -0.05) is 0 Å². The van der Waals surface area contributed by atoms with Gasteiger partial charge in [-0.3, -0.25) is 0 Å². The van der Waals surface area contributed by atoms with Gasteiger partial charge >= 0.3 is 0 Å². The minimum Gasteiger partial charge on any atom is -0.315 e. The Hall–Kier alpha value is -0.160. The Kier molecular flexibility index (Phi) is 4.19. The second-order valence-electron chi connectivity index (χ2n) is 5.45. The van der Waals surface area contributed by atoms with Gasteiger partial charge in [0.25, 0.3) is 0 Å². The Balaban J connectivity index is 1.93. The maximum absolute atomic E-state index is 3.67. The molecule has 2 aliphatic rings. The lowest BCUT2D eigenvalue weighted by atomic mass is 9.91. The molecule has 0 spiro atoms. The van der Waals surface area contributed by atoms with E-state index in [1.54, 1.807) is 0 Å². The van der Waals surface area contributed by atoms with Crippen LogP contribution in [0.3, 0.4) is 0 Å². The average molecular weight is 226 g/mol. The number of likely N-dealkylation sites (N-methyl/N-ethyl adjacent to an activating group) is 2. The Labute approximate surface area is 99.4 Å². The molecule has 2 heterocycles.